The maximum absolute atomic E-state index is 11.8. The average molecular weight is 421 g/mol. The Bertz CT molecular complexity index is 871. The van der Waals surface area contributed by atoms with Gasteiger partial charge in [0.2, 0.25) is 0 Å². The second kappa shape index (κ2) is 9.15. The fourth-order valence-electron chi connectivity index (χ4n) is 4.35. The van der Waals surface area contributed by atoms with Crippen LogP contribution in [0.25, 0.3) is 0 Å². The third-order valence-corrected chi connectivity index (χ3v) is 11.0. The Labute approximate surface area is 181 Å². The highest BCUT2D eigenvalue weighted by Crippen LogP contribution is 2.40. The lowest BCUT2D eigenvalue weighted by molar-refractivity contribution is -0.134. The number of esters is 1. The van der Waals surface area contributed by atoms with Crippen molar-refractivity contribution in [2.24, 2.45) is 0 Å². The number of carbonyl (C=O) groups is 1. The summed E-state index contributed by atoms with van der Waals surface area (Å²) in [4.78, 5) is 11.8. The van der Waals surface area contributed by atoms with Crippen molar-refractivity contribution in [3.63, 3.8) is 0 Å². The van der Waals surface area contributed by atoms with Gasteiger partial charge in [0.25, 0.3) is 8.32 Å². The van der Waals surface area contributed by atoms with E-state index < -0.39 is 8.32 Å². The summed E-state index contributed by atoms with van der Waals surface area (Å²) >= 11 is 0. The quantitative estimate of drug-likeness (QED) is 0.302. The first-order chi connectivity index (χ1) is 14.3. The molecule has 1 aliphatic carbocycles. The molecule has 0 bridgehead atoms. The molecule has 158 valence electrons. The molecule has 30 heavy (non-hydrogen) atoms. The number of carbonyl (C=O) groups excluding carboxylic acids is 1. The van der Waals surface area contributed by atoms with Gasteiger partial charge < -0.3 is 9.16 Å². The van der Waals surface area contributed by atoms with Crippen molar-refractivity contribution in [1.29, 1.82) is 0 Å². The van der Waals surface area contributed by atoms with Crippen molar-refractivity contribution < 1.29 is 14.0 Å². The van der Waals surface area contributed by atoms with Crippen LogP contribution in [0.2, 0.25) is 5.04 Å². The average Bonchev–Trinajstić information content (AvgIpc) is 2.74. The predicted octanol–water partition coefficient (Wildman–Crippen LogP) is 4.77. The van der Waals surface area contributed by atoms with E-state index in [0.717, 1.165) is 24.0 Å². The number of ether oxygens (including phenoxy) is 1. The summed E-state index contributed by atoms with van der Waals surface area (Å²) in [5.74, 6) is -0.304. The van der Waals surface area contributed by atoms with Crippen LogP contribution in [0.15, 0.2) is 84.5 Å². The fourth-order valence-corrected chi connectivity index (χ4v) is 9.04. The Morgan fingerprint density at radius 2 is 1.53 bits per heavy atom. The molecule has 1 aliphatic rings. The largest absolute Gasteiger partial charge is 0.466 e. The van der Waals surface area contributed by atoms with E-state index in [1.807, 2.05) is 12.1 Å². The Kier molecular flexibility index (Phi) is 6.79. The zero-order chi connectivity index (χ0) is 21.8. The summed E-state index contributed by atoms with van der Waals surface area (Å²) < 4.78 is 12.1. The molecule has 0 saturated heterocycles. The molecule has 0 radical (unpaired) electrons. The molecule has 4 heteroatoms. The summed E-state index contributed by atoms with van der Waals surface area (Å²) in [5, 5.41) is 2.40. The van der Waals surface area contributed by atoms with E-state index >= 15 is 0 Å². The topological polar surface area (TPSA) is 35.5 Å². The molecular formula is C26H32O3Si. The van der Waals surface area contributed by atoms with Crippen LogP contribution in [-0.4, -0.2) is 27.5 Å². The molecule has 0 heterocycles. The Morgan fingerprint density at radius 3 is 2.00 bits per heavy atom. The predicted molar refractivity (Wildman–Crippen MR) is 126 cm³/mol. The molecule has 0 amide bonds. The molecular weight excluding hydrogens is 388 g/mol. The third kappa shape index (κ3) is 4.50. The molecule has 2 aromatic carbocycles. The van der Waals surface area contributed by atoms with Gasteiger partial charge in [0.15, 0.2) is 0 Å². The smallest absolute Gasteiger partial charge is 0.330 e. The summed E-state index contributed by atoms with van der Waals surface area (Å²) in [6, 6.07) is 21.2. The normalized spacial score (nSPS) is 19.0. The lowest BCUT2D eigenvalue weighted by atomic mass is 9.89. The monoisotopic (exact) mass is 420 g/mol. The van der Waals surface area contributed by atoms with Gasteiger partial charge in [0.1, 0.15) is 0 Å². The minimum atomic E-state index is -2.66. The maximum Gasteiger partial charge on any atom is 0.330 e. The third-order valence-electron chi connectivity index (χ3n) is 5.93. The second-order valence-corrected chi connectivity index (χ2v) is 13.2. The van der Waals surface area contributed by atoms with E-state index in [4.69, 9.17) is 9.16 Å². The Morgan fingerprint density at radius 1 is 1.00 bits per heavy atom. The summed E-state index contributed by atoms with van der Waals surface area (Å²) in [6.07, 6.45) is 3.83. The first-order valence-electron chi connectivity index (χ1n) is 10.5. The number of rotatable bonds is 5. The first-order valence-corrected chi connectivity index (χ1v) is 12.4. The van der Waals surface area contributed by atoms with E-state index in [2.05, 4.69) is 75.9 Å². The zero-order valence-corrected chi connectivity index (χ0v) is 19.5. The fraction of sp³-hybridized carbons (Fsp3) is 0.346. The van der Waals surface area contributed by atoms with Gasteiger partial charge in [-0.3, -0.25) is 0 Å². The van der Waals surface area contributed by atoms with Crippen LogP contribution in [0.5, 0.6) is 0 Å². The van der Waals surface area contributed by atoms with Crippen molar-refractivity contribution >= 4 is 24.7 Å². The van der Waals surface area contributed by atoms with Crippen LogP contribution in [0.1, 0.15) is 40.0 Å². The van der Waals surface area contributed by atoms with Gasteiger partial charge >= 0.3 is 5.97 Å². The van der Waals surface area contributed by atoms with E-state index in [9.17, 15) is 4.79 Å². The maximum atomic E-state index is 11.8. The van der Waals surface area contributed by atoms with E-state index in [0.29, 0.717) is 6.42 Å². The molecule has 0 aromatic heterocycles. The van der Waals surface area contributed by atoms with E-state index in [1.165, 1.54) is 17.5 Å². The van der Waals surface area contributed by atoms with Crippen LogP contribution in [0.3, 0.4) is 0 Å². The molecule has 1 fully saturated rings. The number of hydrogen-bond donors (Lipinski definition) is 0. The lowest BCUT2D eigenvalue weighted by Gasteiger charge is -2.46. The molecule has 0 aliphatic heterocycles. The minimum absolute atomic E-state index is 0.0976. The highest BCUT2D eigenvalue weighted by Gasteiger charge is 2.51. The standard InChI is InChI=1S/C26H32O3Si/c1-20-16-17-21(19-25(27)28-5)18-24(20)29-30(26(2,3)4,22-12-8-6-9-13-22)23-14-10-7-11-15-23/h6-15,19,24H,1,16-18H2,2-5H3. The molecule has 0 spiro atoms. The van der Waals surface area contributed by atoms with E-state index in [-0.39, 0.29) is 17.1 Å². The first kappa shape index (κ1) is 22.3. The van der Waals surface area contributed by atoms with Crippen molar-refractivity contribution in [3.8, 4) is 0 Å². The Hall–Kier alpha value is -2.43. The van der Waals surface area contributed by atoms with Crippen LogP contribution in [0, 0.1) is 0 Å². The lowest BCUT2D eigenvalue weighted by Crippen LogP contribution is -2.68. The van der Waals surface area contributed by atoms with Gasteiger partial charge in [-0.05, 0) is 40.2 Å². The molecule has 3 nitrogen and oxygen atoms in total. The molecule has 1 unspecified atom stereocenters. The highest BCUT2D eigenvalue weighted by atomic mass is 28.4. The number of benzene rings is 2. The summed E-state index contributed by atoms with van der Waals surface area (Å²) in [6.45, 7) is 11.2. The van der Waals surface area contributed by atoms with Crippen molar-refractivity contribution in [2.45, 2.75) is 51.2 Å². The molecule has 1 saturated carbocycles. The van der Waals surface area contributed by atoms with Crippen molar-refractivity contribution in [3.05, 3.63) is 84.5 Å². The SMILES string of the molecule is C=C1CCC(=CC(=O)OC)CC1O[Si](c1ccccc1)(c1ccccc1)C(C)(C)C. The highest BCUT2D eigenvalue weighted by molar-refractivity contribution is 6.99. The van der Waals surface area contributed by atoms with Gasteiger partial charge in [-0.15, -0.1) is 0 Å². The zero-order valence-electron chi connectivity index (χ0n) is 18.5. The Balaban J connectivity index is 2.10. The van der Waals surface area contributed by atoms with Crippen molar-refractivity contribution in [2.75, 3.05) is 7.11 Å². The van der Waals surface area contributed by atoms with Gasteiger partial charge in [-0.1, -0.05) is 93.6 Å². The minimum Gasteiger partial charge on any atom is -0.466 e. The second-order valence-electron chi connectivity index (χ2n) is 8.96. The van der Waals surface area contributed by atoms with Crippen LogP contribution in [-0.2, 0) is 14.0 Å². The van der Waals surface area contributed by atoms with E-state index in [1.54, 1.807) is 6.08 Å². The van der Waals surface area contributed by atoms with Crippen LogP contribution in [0.4, 0.5) is 0 Å². The van der Waals surface area contributed by atoms with Gasteiger partial charge in [0.05, 0.1) is 13.2 Å². The number of hydrogen-bond acceptors (Lipinski definition) is 3. The summed E-state index contributed by atoms with van der Waals surface area (Å²) in [7, 11) is -1.25. The molecule has 0 N–H and O–H groups in total. The van der Waals surface area contributed by atoms with Gasteiger partial charge in [-0.2, -0.15) is 0 Å². The summed E-state index contributed by atoms with van der Waals surface area (Å²) in [5.41, 5.74) is 2.17. The molecule has 1 atom stereocenters. The molecule has 3 rings (SSSR count). The molecule has 2 aromatic rings. The van der Waals surface area contributed by atoms with Gasteiger partial charge in [-0.25, -0.2) is 4.79 Å². The van der Waals surface area contributed by atoms with Crippen LogP contribution < -0.4 is 10.4 Å². The van der Waals surface area contributed by atoms with Crippen LogP contribution >= 0.6 is 0 Å². The van der Waals surface area contributed by atoms with Gasteiger partial charge in [0, 0.05) is 6.08 Å². The number of methoxy groups -OCH3 is 1. The van der Waals surface area contributed by atoms with Crippen molar-refractivity contribution in [1.82, 2.24) is 0 Å².